The van der Waals surface area contributed by atoms with Gasteiger partial charge in [0.15, 0.2) is 0 Å². The van der Waals surface area contributed by atoms with Gasteiger partial charge in [0.1, 0.15) is 5.54 Å². The minimum absolute atomic E-state index is 0.0805. The molecule has 1 saturated carbocycles. The van der Waals surface area contributed by atoms with Crippen molar-refractivity contribution < 1.29 is 27.6 Å². The van der Waals surface area contributed by atoms with Crippen LogP contribution >= 0.6 is 11.6 Å². The summed E-state index contributed by atoms with van der Waals surface area (Å²) in [5, 5.41) is 4.76. The number of carbonyl (C=O) groups excluding carboxylic acids is 3. The van der Waals surface area contributed by atoms with Crippen molar-refractivity contribution in [3.63, 3.8) is 0 Å². The average molecular weight is 450 g/mol. The maximum absolute atomic E-state index is 13.3. The van der Waals surface area contributed by atoms with Crippen molar-refractivity contribution in [2.24, 2.45) is 5.92 Å². The molecule has 1 aromatic carbocycles. The fraction of sp³-hybridized carbons (Fsp3) is 0.500. The molecule has 1 aromatic rings. The number of fused-ring (bicyclic) bond motifs is 1. The summed E-state index contributed by atoms with van der Waals surface area (Å²) in [4.78, 5) is 38.0. The average Bonchev–Trinajstić information content (AvgIpc) is 3.41. The zero-order chi connectivity index (χ0) is 22.9. The van der Waals surface area contributed by atoms with Crippen LogP contribution in [0.1, 0.15) is 42.5 Å². The van der Waals surface area contributed by atoms with Gasteiger partial charge >= 0.3 is 18.2 Å². The molecule has 4 rings (SSSR count). The van der Waals surface area contributed by atoms with Crippen molar-refractivity contribution in [3.05, 3.63) is 33.8 Å². The van der Waals surface area contributed by atoms with E-state index in [1.807, 2.05) is 0 Å². The van der Waals surface area contributed by atoms with Crippen LogP contribution in [0.2, 0.25) is 5.02 Å². The quantitative estimate of drug-likeness (QED) is 0.485. The van der Waals surface area contributed by atoms with Gasteiger partial charge in [-0.3, -0.25) is 10.1 Å². The fourth-order valence-electron chi connectivity index (χ4n) is 4.37. The third-order valence-electron chi connectivity index (χ3n) is 6.09. The van der Waals surface area contributed by atoms with E-state index in [1.165, 1.54) is 6.92 Å². The smallest absolute Gasteiger partial charge is 0.335 e. The Kier molecular flexibility index (Phi) is 4.81. The fourth-order valence-corrected chi connectivity index (χ4v) is 4.64. The lowest BCUT2D eigenvalue weighted by atomic mass is 9.58. The van der Waals surface area contributed by atoms with E-state index < -0.39 is 51.7 Å². The Morgan fingerprint density at radius 1 is 1.32 bits per heavy atom. The number of alkyl halides is 3. The molecule has 0 spiro atoms. The first-order valence-electron chi connectivity index (χ1n) is 9.48. The second-order valence-electron chi connectivity index (χ2n) is 8.10. The number of halogens is 4. The number of nitrogens with one attached hydrogen (secondary N) is 3. The Labute approximate surface area is 183 Å². The van der Waals surface area contributed by atoms with Crippen molar-refractivity contribution in [3.8, 4) is 0 Å². The van der Waals surface area contributed by atoms with Crippen LogP contribution in [0.25, 0.3) is 0 Å². The van der Waals surface area contributed by atoms with Crippen molar-refractivity contribution >= 4 is 45.3 Å². The molecule has 1 unspecified atom stereocenters. The standard InChI is InChI=1S/C18H16B2ClF3N4O3/c1-7-9-4-11(18(22,23)24)12(21)5-10(9)17(19,20)28(7)15(31)25-6-16(8-2-3-8)13(29)26-14(30)27-16/h4-5,7-8H,2-3,6H2,1H3,(H,25,31)(H2,26,27,29,30)/t7?,16-/m0/s1. The molecule has 13 heteroatoms. The molecule has 0 bridgehead atoms. The van der Waals surface area contributed by atoms with E-state index in [9.17, 15) is 27.6 Å². The van der Waals surface area contributed by atoms with Crippen LogP contribution in [-0.4, -0.2) is 50.6 Å². The summed E-state index contributed by atoms with van der Waals surface area (Å²) in [5.74, 6) is -0.687. The first-order valence-corrected chi connectivity index (χ1v) is 9.86. The van der Waals surface area contributed by atoms with Gasteiger partial charge in [0, 0.05) is 0 Å². The zero-order valence-corrected chi connectivity index (χ0v) is 17.0. The summed E-state index contributed by atoms with van der Waals surface area (Å²) in [6.45, 7) is 1.26. The second-order valence-corrected chi connectivity index (χ2v) is 8.51. The molecule has 2 fully saturated rings. The number of amides is 5. The largest absolute Gasteiger partial charge is 0.417 e. The summed E-state index contributed by atoms with van der Waals surface area (Å²) < 4.78 is 39.8. The Hall–Kier alpha value is -2.36. The van der Waals surface area contributed by atoms with Crippen molar-refractivity contribution in [2.75, 3.05) is 6.54 Å². The van der Waals surface area contributed by atoms with E-state index in [4.69, 9.17) is 27.3 Å². The van der Waals surface area contributed by atoms with Gasteiger partial charge < -0.3 is 15.5 Å². The van der Waals surface area contributed by atoms with Gasteiger partial charge in [0.25, 0.3) is 5.91 Å². The van der Waals surface area contributed by atoms with Gasteiger partial charge in [-0.15, -0.1) is 0 Å². The lowest BCUT2D eigenvalue weighted by Gasteiger charge is -2.37. The van der Waals surface area contributed by atoms with Gasteiger partial charge in [0.05, 0.1) is 38.9 Å². The highest BCUT2D eigenvalue weighted by atomic mass is 35.5. The van der Waals surface area contributed by atoms with Gasteiger partial charge in [-0.2, -0.15) is 13.2 Å². The molecule has 2 aliphatic heterocycles. The van der Waals surface area contributed by atoms with Crippen LogP contribution in [0.4, 0.5) is 22.8 Å². The predicted molar refractivity (Wildman–Crippen MR) is 105 cm³/mol. The number of urea groups is 2. The molecule has 1 saturated heterocycles. The summed E-state index contributed by atoms with van der Waals surface area (Å²) in [7, 11) is 12.3. The molecule has 31 heavy (non-hydrogen) atoms. The minimum Gasteiger partial charge on any atom is -0.335 e. The highest BCUT2D eigenvalue weighted by Gasteiger charge is 2.56. The number of benzene rings is 1. The van der Waals surface area contributed by atoms with Crippen LogP contribution in [0.15, 0.2) is 12.1 Å². The molecule has 4 radical (unpaired) electrons. The number of hydrogen-bond acceptors (Lipinski definition) is 3. The van der Waals surface area contributed by atoms with E-state index in [-0.39, 0.29) is 23.6 Å². The number of hydrogen-bond donors (Lipinski definition) is 3. The first kappa shape index (κ1) is 21.9. The predicted octanol–water partition coefficient (Wildman–Crippen LogP) is 1.88. The maximum atomic E-state index is 13.3. The summed E-state index contributed by atoms with van der Waals surface area (Å²) in [5.41, 5.74) is -2.16. The van der Waals surface area contributed by atoms with E-state index >= 15 is 0 Å². The lowest BCUT2D eigenvalue weighted by molar-refractivity contribution is -0.137. The summed E-state index contributed by atoms with van der Waals surface area (Å²) in [6.07, 6.45) is -3.30. The summed E-state index contributed by atoms with van der Waals surface area (Å²) in [6, 6.07) is -0.519. The van der Waals surface area contributed by atoms with Gasteiger partial charge in [-0.05, 0) is 54.3 Å². The van der Waals surface area contributed by atoms with Gasteiger partial charge in [-0.25, -0.2) is 9.59 Å². The first-order chi connectivity index (χ1) is 14.3. The Balaban J connectivity index is 1.60. The minimum atomic E-state index is -4.70. The molecule has 3 aliphatic rings. The van der Waals surface area contributed by atoms with Gasteiger partial charge in [-0.1, -0.05) is 11.6 Å². The number of carbonyl (C=O) groups is 3. The lowest BCUT2D eigenvalue weighted by Crippen LogP contribution is -2.60. The molecular formula is C18H16B2ClF3N4O3. The molecular weight excluding hydrogens is 434 g/mol. The Morgan fingerprint density at radius 2 is 1.97 bits per heavy atom. The van der Waals surface area contributed by atoms with Crippen molar-refractivity contribution in [1.29, 1.82) is 0 Å². The number of rotatable bonds is 3. The molecule has 2 heterocycles. The third-order valence-corrected chi connectivity index (χ3v) is 6.41. The Morgan fingerprint density at radius 3 is 2.48 bits per heavy atom. The normalized spacial score (nSPS) is 27.0. The van der Waals surface area contributed by atoms with Crippen molar-refractivity contribution in [1.82, 2.24) is 20.9 Å². The zero-order valence-electron chi connectivity index (χ0n) is 16.3. The van der Waals surface area contributed by atoms with E-state index in [0.717, 1.165) is 17.0 Å². The molecule has 5 amide bonds. The highest BCUT2D eigenvalue weighted by molar-refractivity contribution is 6.41. The Bertz CT molecular complexity index is 1000. The molecule has 7 nitrogen and oxygen atoms in total. The van der Waals surface area contributed by atoms with E-state index in [0.29, 0.717) is 12.8 Å². The van der Waals surface area contributed by atoms with Crippen LogP contribution in [-0.2, 0) is 16.3 Å². The highest BCUT2D eigenvalue weighted by Crippen LogP contribution is 2.47. The van der Waals surface area contributed by atoms with E-state index in [2.05, 4.69) is 16.0 Å². The van der Waals surface area contributed by atoms with Crippen LogP contribution < -0.4 is 16.0 Å². The van der Waals surface area contributed by atoms with Gasteiger partial charge in [0.2, 0.25) is 0 Å². The maximum Gasteiger partial charge on any atom is 0.417 e. The molecule has 3 N–H and O–H groups in total. The molecule has 160 valence electrons. The topological polar surface area (TPSA) is 90.5 Å². The third kappa shape index (κ3) is 3.35. The van der Waals surface area contributed by atoms with Crippen molar-refractivity contribution in [2.45, 2.75) is 42.9 Å². The van der Waals surface area contributed by atoms with Crippen LogP contribution in [0, 0.1) is 5.92 Å². The number of imide groups is 1. The van der Waals surface area contributed by atoms with E-state index in [1.54, 1.807) is 0 Å². The molecule has 2 atom stereocenters. The van der Waals surface area contributed by atoms with Crippen LogP contribution in [0.5, 0.6) is 0 Å². The summed E-state index contributed by atoms with van der Waals surface area (Å²) >= 11 is 5.80. The monoisotopic (exact) mass is 450 g/mol. The van der Waals surface area contributed by atoms with Crippen LogP contribution in [0.3, 0.4) is 0 Å². The second kappa shape index (κ2) is 6.82. The molecule has 1 aliphatic carbocycles. The SMILES string of the molecule is [B]C1([B])c2cc(Cl)c(C(F)(F)F)cc2C(C)N1C(=O)NC[C@@]1(C2CC2)NC(=O)NC1=O. The number of nitrogens with zero attached hydrogens (tertiary/aromatic N) is 1. The molecule has 0 aromatic heterocycles.